The second-order valence-electron chi connectivity index (χ2n) is 4.23. The molecule has 18 heavy (non-hydrogen) atoms. The lowest BCUT2D eigenvalue weighted by Crippen LogP contribution is -1.87. The molecule has 2 heterocycles. The summed E-state index contributed by atoms with van der Waals surface area (Å²) < 4.78 is 7.81. The molecule has 0 fully saturated rings. The van der Waals surface area contributed by atoms with E-state index in [9.17, 15) is 0 Å². The molecule has 0 N–H and O–H groups in total. The van der Waals surface area contributed by atoms with Crippen LogP contribution in [0.5, 0.6) is 0 Å². The lowest BCUT2D eigenvalue weighted by Gasteiger charge is -1.97. The Morgan fingerprint density at radius 1 is 0.944 bits per heavy atom. The minimum Gasteiger partial charge on any atom is -0.440 e. The second-order valence-corrected chi connectivity index (χ2v) is 4.23. The smallest absolute Gasteiger partial charge is 0.206 e. The van der Waals surface area contributed by atoms with Gasteiger partial charge in [-0.15, -0.1) is 0 Å². The number of hydrogen-bond donors (Lipinski definition) is 0. The SMILES string of the molecule is c1ccc2oc(-n3cnc4ccccc43)cc2c1. The second kappa shape index (κ2) is 3.47. The van der Waals surface area contributed by atoms with Gasteiger partial charge in [0.15, 0.2) is 0 Å². The van der Waals surface area contributed by atoms with Gasteiger partial charge in [0.2, 0.25) is 5.88 Å². The Labute approximate surface area is 103 Å². The summed E-state index contributed by atoms with van der Waals surface area (Å²) in [7, 11) is 0. The van der Waals surface area contributed by atoms with Crippen molar-refractivity contribution in [2.45, 2.75) is 0 Å². The molecule has 0 aliphatic rings. The van der Waals surface area contributed by atoms with Gasteiger partial charge in [-0.3, -0.25) is 4.57 Å². The molecule has 0 bridgehead atoms. The van der Waals surface area contributed by atoms with Crippen molar-refractivity contribution in [3.63, 3.8) is 0 Å². The zero-order chi connectivity index (χ0) is 11.9. The van der Waals surface area contributed by atoms with Crippen molar-refractivity contribution >= 4 is 22.0 Å². The molecular weight excluding hydrogens is 224 g/mol. The van der Waals surface area contributed by atoms with Crippen LogP contribution in [0.1, 0.15) is 0 Å². The van der Waals surface area contributed by atoms with E-state index in [1.54, 1.807) is 6.33 Å². The van der Waals surface area contributed by atoms with Gasteiger partial charge in [0.25, 0.3) is 0 Å². The van der Waals surface area contributed by atoms with Crippen LogP contribution in [0.4, 0.5) is 0 Å². The van der Waals surface area contributed by atoms with Crippen LogP contribution in [0, 0.1) is 0 Å². The third kappa shape index (κ3) is 1.27. The maximum Gasteiger partial charge on any atom is 0.206 e. The van der Waals surface area contributed by atoms with Gasteiger partial charge in [0, 0.05) is 11.5 Å². The first-order valence-corrected chi connectivity index (χ1v) is 5.83. The highest BCUT2D eigenvalue weighted by molar-refractivity contribution is 5.81. The minimum absolute atomic E-state index is 0.796. The predicted molar refractivity (Wildman–Crippen MR) is 70.8 cm³/mol. The number of furan rings is 1. The zero-order valence-corrected chi connectivity index (χ0v) is 9.58. The Bertz CT molecular complexity index is 809. The highest BCUT2D eigenvalue weighted by atomic mass is 16.4. The van der Waals surface area contributed by atoms with E-state index in [2.05, 4.69) is 4.98 Å². The van der Waals surface area contributed by atoms with E-state index in [4.69, 9.17) is 4.42 Å². The van der Waals surface area contributed by atoms with Crippen molar-refractivity contribution in [3.05, 3.63) is 60.9 Å². The summed E-state index contributed by atoms with van der Waals surface area (Å²) in [4.78, 5) is 4.37. The molecule has 3 nitrogen and oxygen atoms in total. The average molecular weight is 234 g/mol. The van der Waals surface area contributed by atoms with Gasteiger partial charge in [-0.2, -0.15) is 0 Å². The number of imidazole rings is 1. The van der Waals surface area contributed by atoms with E-state index in [0.717, 1.165) is 27.9 Å². The molecule has 0 saturated carbocycles. The van der Waals surface area contributed by atoms with Crippen molar-refractivity contribution < 1.29 is 4.42 Å². The summed E-state index contributed by atoms with van der Waals surface area (Å²) in [6.45, 7) is 0. The Kier molecular flexibility index (Phi) is 1.83. The number of fused-ring (bicyclic) bond motifs is 2. The number of hydrogen-bond acceptors (Lipinski definition) is 2. The molecule has 2 aromatic heterocycles. The van der Waals surface area contributed by atoms with Crippen LogP contribution in [-0.2, 0) is 0 Å². The molecule has 86 valence electrons. The fourth-order valence-corrected chi connectivity index (χ4v) is 2.22. The Hall–Kier alpha value is -2.55. The van der Waals surface area contributed by atoms with Crippen LogP contribution >= 0.6 is 0 Å². The third-order valence-electron chi connectivity index (χ3n) is 3.10. The summed E-state index contributed by atoms with van der Waals surface area (Å²) in [5.41, 5.74) is 2.92. The first-order chi connectivity index (χ1) is 8.92. The van der Waals surface area contributed by atoms with Crippen LogP contribution in [0.2, 0.25) is 0 Å². The molecular formula is C15H10N2O. The number of nitrogens with zero attached hydrogens (tertiary/aromatic N) is 2. The molecule has 4 aromatic rings. The lowest BCUT2D eigenvalue weighted by atomic mass is 10.2. The standard InChI is InChI=1S/C15H10N2O/c1-4-8-14-11(5-1)9-15(18-14)17-10-16-12-6-2-3-7-13(12)17/h1-10H. The molecule has 0 spiro atoms. The molecule has 0 radical (unpaired) electrons. The van der Waals surface area contributed by atoms with Crippen LogP contribution in [-0.4, -0.2) is 9.55 Å². The first kappa shape index (κ1) is 9.48. The van der Waals surface area contributed by atoms with E-state index in [-0.39, 0.29) is 0 Å². The van der Waals surface area contributed by atoms with Crippen molar-refractivity contribution in [1.29, 1.82) is 0 Å². The van der Waals surface area contributed by atoms with Crippen LogP contribution in [0.25, 0.3) is 27.9 Å². The topological polar surface area (TPSA) is 31.0 Å². The van der Waals surface area contributed by atoms with Gasteiger partial charge in [-0.05, 0) is 18.2 Å². The van der Waals surface area contributed by atoms with Crippen LogP contribution < -0.4 is 0 Å². The molecule has 2 aromatic carbocycles. The molecule has 0 amide bonds. The Balaban J connectivity index is 2.01. The first-order valence-electron chi connectivity index (χ1n) is 5.83. The quantitative estimate of drug-likeness (QED) is 0.502. The van der Waals surface area contributed by atoms with Crippen molar-refractivity contribution in [2.75, 3.05) is 0 Å². The molecule has 4 rings (SSSR count). The maximum atomic E-state index is 5.84. The normalized spacial score (nSPS) is 11.3. The fraction of sp³-hybridized carbons (Fsp3) is 0. The van der Waals surface area contributed by atoms with Crippen molar-refractivity contribution in [2.24, 2.45) is 0 Å². The molecule has 0 unspecified atom stereocenters. The van der Waals surface area contributed by atoms with Crippen LogP contribution in [0.15, 0.2) is 65.3 Å². The summed E-state index contributed by atoms with van der Waals surface area (Å²) >= 11 is 0. The predicted octanol–water partition coefficient (Wildman–Crippen LogP) is 3.77. The third-order valence-corrected chi connectivity index (χ3v) is 3.10. The lowest BCUT2D eigenvalue weighted by molar-refractivity contribution is 0.584. The van der Waals surface area contributed by atoms with E-state index < -0.39 is 0 Å². The molecule has 0 saturated heterocycles. The van der Waals surface area contributed by atoms with Gasteiger partial charge in [-0.25, -0.2) is 4.98 Å². The Morgan fingerprint density at radius 2 is 1.78 bits per heavy atom. The molecule has 0 aliphatic carbocycles. The average Bonchev–Trinajstić information content (AvgIpc) is 3.02. The molecule has 0 atom stereocenters. The molecule has 3 heteroatoms. The van der Waals surface area contributed by atoms with E-state index >= 15 is 0 Å². The van der Waals surface area contributed by atoms with Gasteiger partial charge < -0.3 is 4.42 Å². The monoisotopic (exact) mass is 234 g/mol. The summed E-state index contributed by atoms with van der Waals surface area (Å²) in [5.74, 6) is 0.796. The summed E-state index contributed by atoms with van der Waals surface area (Å²) in [6, 6.07) is 18.0. The number of aromatic nitrogens is 2. The summed E-state index contributed by atoms with van der Waals surface area (Å²) in [6.07, 6.45) is 1.79. The van der Waals surface area contributed by atoms with E-state index in [1.165, 1.54) is 0 Å². The van der Waals surface area contributed by atoms with Crippen LogP contribution in [0.3, 0.4) is 0 Å². The maximum absolute atomic E-state index is 5.84. The van der Waals surface area contributed by atoms with Crippen molar-refractivity contribution in [3.8, 4) is 5.88 Å². The van der Waals surface area contributed by atoms with Gasteiger partial charge in [0.1, 0.15) is 11.9 Å². The number of benzene rings is 2. The molecule has 0 aliphatic heterocycles. The number of rotatable bonds is 1. The zero-order valence-electron chi connectivity index (χ0n) is 9.58. The fourth-order valence-electron chi connectivity index (χ4n) is 2.22. The van der Waals surface area contributed by atoms with Crippen molar-refractivity contribution in [1.82, 2.24) is 9.55 Å². The number of para-hydroxylation sites is 3. The Morgan fingerprint density at radius 3 is 2.72 bits per heavy atom. The van der Waals surface area contributed by atoms with E-state index in [1.807, 2.05) is 59.2 Å². The minimum atomic E-state index is 0.796. The highest BCUT2D eigenvalue weighted by Crippen LogP contribution is 2.24. The summed E-state index contributed by atoms with van der Waals surface area (Å²) in [5, 5.41) is 1.10. The van der Waals surface area contributed by atoms with E-state index in [0.29, 0.717) is 0 Å². The van der Waals surface area contributed by atoms with Gasteiger partial charge >= 0.3 is 0 Å². The largest absolute Gasteiger partial charge is 0.440 e. The van der Waals surface area contributed by atoms with Gasteiger partial charge in [-0.1, -0.05) is 30.3 Å². The van der Waals surface area contributed by atoms with Gasteiger partial charge in [0.05, 0.1) is 11.0 Å². The highest BCUT2D eigenvalue weighted by Gasteiger charge is 2.08.